The number of hydrogen-bond acceptors (Lipinski definition) is 3. The largest absolute Gasteiger partial charge is 0.258 e. The summed E-state index contributed by atoms with van der Waals surface area (Å²) in [7, 11) is -3.27. The molecular formula is C9H12N2O2S. The zero-order valence-corrected chi connectivity index (χ0v) is 8.95. The molecule has 0 atom stereocenters. The van der Waals surface area contributed by atoms with Gasteiger partial charge in [0, 0.05) is 12.2 Å². The Bertz CT molecular complexity index is 454. The molecule has 1 aliphatic rings. The van der Waals surface area contributed by atoms with Gasteiger partial charge in [-0.3, -0.25) is 4.98 Å². The van der Waals surface area contributed by atoms with E-state index in [-0.39, 0.29) is 6.04 Å². The van der Waals surface area contributed by atoms with Crippen molar-refractivity contribution in [2.45, 2.75) is 31.3 Å². The molecule has 0 fully saturated rings. The van der Waals surface area contributed by atoms with Gasteiger partial charge in [0.05, 0.1) is 12.2 Å². The Morgan fingerprint density at radius 1 is 1.50 bits per heavy atom. The second kappa shape index (κ2) is 3.03. The van der Waals surface area contributed by atoms with E-state index in [0.717, 1.165) is 0 Å². The number of pyridine rings is 1. The molecule has 0 saturated carbocycles. The Balaban J connectivity index is 2.57. The first-order valence-electron chi connectivity index (χ1n) is 4.49. The first-order valence-corrected chi connectivity index (χ1v) is 5.93. The highest BCUT2D eigenvalue weighted by molar-refractivity contribution is 7.89. The van der Waals surface area contributed by atoms with Crippen LogP contribution in [-0.4, -0.2) is 23.7 Å². The van der Waals surface area contributed by atoms with Crippen LogP contribution < -0.4 is 0 Å². The summed E-state index contributed by atoms with van der Waals surface area (Å²) >= 11 is 0. The van der Waals surface area contributed by atoms with Gasteiger partial charge in [0.25, 0.3) is 0 Å². The molecule has 1 aliphatic heterocycles. The van der Waals surface area contributed by atoms with Crippen molar-refractivity contribution in [3.05, 3.63) is 24.0 Å². The third-order valence-corrected chi connectivity index (χ3v) is 4.41. The summed E-state index contributed by atoms with van der Waals surface area (Å²) in [6, 6.07) is 3.24. The zero-order valence-electron chi connectivity index (χ0n) is 8.14. The van der Waals surface area contributed by atoms with Crippen molar-refractivity contribution in [2.75, 3.05) is 0 Å². The van der Waals surface area contributed by atoms with E-state index in [2.05, 4.69) is 4.98 Å². The summed E-state index contributed by atoms with van der Waals surface area (Å²) in [6.45, 7) is 4.13. The van der Waals surface area contributed by atoms with Crippen molar-refractivity contribution in [1.82, 2.24) is 9.29 Å². The van der Waals surface area contributed by atoms with E-state index in [1.165, 1.54) is 4.31 Å². The van der Waals surface area contributed by atoms with Gasteiger partial charge in [-0.1, -0.05) is 0 Å². The first kappa shape index (κ1) is 9.61. The van der Waals surface area contributed by atoms with Gasteiger partial charge in [-0.25, -0.2) is 8.42 Å². The van der Waals surface area contributed by atoms with Gasteiger partial charge >= 0.3 is 0 Å². The first-order chi connectivity index (χ1) is 6.53. The molecule has 1 aromatic rings. The normalized spacial score (nSPS) is 19.9. The minimum absolute atomic E-state index is 0.0193. The van der Waals surface area contributed by atoms with Gasteiger partial charge in [-0.2, -0.15) is 4.31 Å². The molecule has 14 heavy (non-hydrogen) atoms. The Morgan fingerprint density at radius 3 is 2.79 bits per heavy atom. The van der Waals surface area contributed by atoms with Gasteiger partial charge in [0.2, 0.25) is 10.0 Å². The summed E-state index contributed by atoms with van der Waals surface area (Å²) in [5, 5.41) is 0. The maximum Gasteiger partial charge on any atom is 0.245 e. The molecule has 0 N–H and O–H groups in total. The SMILES string of the molecule is CC(C)N1Cc2ncccc2S1(=O)=O. The molecule has 76 valence electrons. The lowest BCUT2D eigenvalue weighted by atomic mass is 10.3. The van der Waals surface area contributed by atoms with Crippen molar-refractivity contribution in [1.29, 1.82) is 0 Å². The maximum absolute atomic E-state index is 11.9. The molecule has 0 spiro atoms. The highest BCUT2D eigenvalue weighted by Crippen LogP contribution is 2.29. The van der Waals surface area contributed by atoms with Crippen molar-refractivity contribution in [3.63, 3.8) is 0 Å². The molecule has 2 rings (SSSR count). The second-order valence-electron chi connectivity index (χ2n) is 3.59. The van der Waals surface area contributed by atoms with E-state index in [1.807, 2.05) is 13.8 Å². The van der Waals surface area contributed by atoms with Crippen LogP contribution in [0.4, 0.5) is 0 Å². The third kappa shape index (κ3) is 1.24. The lowest BCUT2D eigenvalue weighted by molar-refractivity contribution is 0.360. The molecule has 2 heterocycles. The van der Waals surface area contributed by atoms with E-state index in [4.69, 9.17) is 0 Å². The predicted molar refractivity (Wildman–Crippen MR) is 52.1 cm³/mol. The van der Waals surface area contributed by atoms with Gasteiger partial charge < -0.3 is 0 Å². The average Bonchev–Trinajstić information content (AvgIpc) is 2.39. The van der Waals surface area contributed by atoms with Crippen molar-refractivity contribution in [3.8, 4) is 0 Å². The lowest BCUT2D eigenvalue weighted by Crippen LogP contribution is -2.31. The molecule has 0 aromatic carbocycles. The molecule has 0 unspecified atom stereocenters. The molecule has 0 saturated heterocycles. The monoisotopic (exact) mass is 212 g/mol. The van der Waals surface area contributed by atoms with Crippen LogP contribution in [0, 0.1) is 0 Å². The summed E-state index contributed by atoms with van der Waals surface area (Å²) in [5.74, 6) is 0. The Morgan fingerprint density at radius 2 is 2.21 bits per heavy atom. The van der Waals surface area contributed by atoms with E-state index in [1.54, 1.807) is 18.3 Å². The molecule has 0 amide bonds. The standard InChI is InChI=1S/C9H12N2O2S/c1-7(2)11-6-8-9(14(11,12)13)4-3-5-10-8/h3-5,7H,6H2,1-2H3. The lowest BCUT2D eigenvalue weighted by Gasteiger charge is -2.17. The fourth-order valence-corrected chi connectivity index (χ4v) is 3.36. The number of sulfonamides is 1. The minimum atomic E-state index is -3.27. The molecule has 0 radical (unpaired) electrons. The number of hydrogen-bond donors (Lipinski definition) is 0. The highest BCUT2D eigenvalue weighted by Gasteiger charge is 2.36. The zero-order chi connectivity index (χ0) is 10.3. The van der Waals surface area contributed by atoms with Crippen LogP contribution in [0.2, 0.25) is 0 Å². The predicted octanol–water partition coefficient (Wildman–Crippen LogP) is 0.994. The van der Waals surface area contributed by atoms with Crippen LogP contribution in [0.1, 0.15) is 19.5 Å². The topological polar surface area (TPSA) is 50.3 Å². The van der Waals surface area contributed by atoms with E-state index in [0.29, 0.717) is 17.1 Å². The number of nitrogens with zero attached hydrogens (tertiary/aromatic N) is 2. The molecule has 0 bridgehead atoms. The van der Waals surface area contributed by atoms with Gasteiger partial charge in [-0.15, -0.1) is 0 Å². The van der Waals surface area contributed by atoms with E-state index in [9.17, 15) is 8.42 Å². The summed E-state index contributed by atoms with van der Waals surface area (Å²) in [4.78, 5) is 4.42. The fourth-order valence-electron chi connectivity index (χ4n) is 1.60. The van der Waals surface area contributed by atoms with Gasteiger partial charge in [0.1, 0.15) is 4.90 Å². The van der Waals surface area contributed by atoms with Crippen LogP contribution in [-0.2, 0) is 16.6 Å². The quantitative estimate of drug-likeness (QED) is 0.697. The van der Waals surface area contributed by atoms with Gasteiger partial charge in [0.15, 0.2) is 0 Å². The Hall–Kier alpha value is -0.940. The van der Waals surface area contributed by atoms with E-state index < -0.39 is 10.0 Å². The smallest absolute Gasteiger partial charge is 0.245 e. The van der Waals surface area contributed by atoms with Crippen LogP contribution >= 0.6 is 0 Å². The molecule has 0 aliphatic carbocycles. The van der Waals surface area contributed by atoms with Crippen molar-refractivity contribution < 1.29 is 8.42 Å². The third-order valence-electron chi connectivity index (χ3n) is 2.32. The molecular weight excluding hydrogens is 200 g/mol. The average molecular weight is 212 g/mol. The van der Waals surface area contributed by atoms with E-state index >= 15 is 0 Å². The highest BCUT2D eigenvalue weighted by atomic mass is 32.2. The van der Waals surface area contributed by atoms with Crippen molar-refractivity contribution >= 4 is 10.0 Å². The Kier molecular flexibility index (Phi) is 2.08. The number of rotatable bonds is 1. The second-order valence-corrected chi connectivity index (χ2v) is 5.45. The summed E-state index contributed by atoms with van der Waals surface area (Å²) in [6.07, 6.45) is 1.62. The van der Waals surface area contributed by atoms with Crippen LogP contribution in [0.3, 0.4) is 0 Å². The fraction of sp³-hybridized carbons (Fsp3) is 0.444. The van der Waals surface area contributed by atoms with Crippen LogP contribution in [0.25, 0.3) is 0 Å². The Labute approximate surface area is 83.6 Å². The van der Waals surface area contributed by atoms with Gasteiger partial charge in [-0.05, 0) is 26.0 Å². The number of fused-ring (bicyclic) bond motifs is 1. The van der Waals surface area contributed by atoms with Crippen LogP contribution in [0.5, 0.6) is 0 Å². The maximum atomic E-state index is 11.9. The molecule has 4 nitrogen and oxygen atoms in total. The summed E-state index contributed by atoms with van der Waals surface area (Å²) < 4.78 is 25.3. The summed E-state index contributed by atoms with van der Waals surface area (Å²) in [5.41, 5.74) is 0.654. The number of aromatic nitrogens is 1. The minimum Gasteiger partial charge on any atom is -0.258 e. The molecule has 1 aromatic heterocycles. The van der Waals surface area contributed by atoms with Crippen LogP contribution in [0.15, 0.2) is 23.2 Å². The molecule has 5 heteroatoms. The van der Waals surface area contributed by atoms with Crippen molar-refractivity contribution in [2.24, 2.45) is 0 Å².